The van der Waals surface area contributed by atoms with Gasteiger partial charge in [0.15, 0.2) is 0 Å². The molecule has 1 atom stereocenters. The van der Waals surface area contributed by atoms with Crippen LogP contribution in [0.15, 0.2) is 12.3 Å². The molecule has 0 spiro atoms. The standard InChI is InChI=1S/C12H23N3O/c1-3-12(16)6-5-8-13-10-11-7-9-14-15(11)4-2/h7,9,12-13,16H,3-6,8,10H2,1-2H3. The molecule has 16 heavy (non-hydrogen) atoms. The second-order valence-electron chi connectivity index (χ2n) is 4.02. The highest BCUT2D eigenvalue weighted by Gasteiger charge is 2.01. The quantitative estimate of drug-likeness (QED) is 0.660. The largest absolute Gasteiger partial charge is 0.393 e. The van der Waals surface area contributed by atoms with Crippen molar-refractivity contribution in [1.29, 1.82) is 0 Å². The maximum atomic E-state index is 9.38. The predicted octanol–water partition coefficient (Wildman–Crippen LogP) is 1.54. The third kappa shape index (κ3) is 4.33. The van der Waals surface area contributed by atoms with Gasteiger partial charge in [-0.2, -0.15) is 5.10 Å². The summed E-state index contributed by atoms with van der Waals surface area (Å²) in [6, 6.07) is 2.04. The first-order valence-electron chi connectivity index (χ1n) is 6.17. The summed E-state index contributed by atoms with van der Waals surface area (Å²) in [4.78, 5) is 0. The minimum Gasteiger partial charge on any atom is -0.393 e. The number of nitrogens with one attached hydrogen (secondary N) is 1. The van der Waals surface area contributed by atoms with Crippen molar-refractivity contribution in [1.82, 2.24) is 15.1 Å². The van der Waals surface area contributed by atoms with Crippen molar-refractivity contribution in [2.45, 2.75) is 52.3 Å². The molecule has 0 amide bonds. The molecule has 0 aliphatic carbocycles. The first-order chi connectivity index (χ1) is 7.77. The summed E-state index contributed by atoms with van der Waals surface area (Å²) in [7, 11) is 0. The number of hydrogen-bond donors (Lipinski definition) is 2. The smallest absolute Gasteiger partial charge is 0.0538 e. The third-order valence-corrected chi connectivity index (χ3v) is 2.77. The Balaban J connectivity index is 2.11. The molecule has 4 heteroatoms. The molecule has 0 radical (unpaired) electrons. The van der Waals surface area contributed by atoms with Gasteiger partial charge in [0.1, 0.15) is 0 Å². The lowest BCUT2D eigenvalue weighted by Crippen LogP contribution is -2.19. The molecule has 0 aliphatic heterocycles. The molecule has 0 fully saturated rings. The van der Waals surface area contributed by atoms with E-state index in [4.69, 9.17) is 0 Å². The average molecular weight is 225 g/mol. The Kier molecular flexibility index (Phi) is 6.11. The van der Waals surface area contributed by atoms with Gasteiger partial charge in [-0.15, -0.1) is 0 Å². The van der Waals surface area contributed by atoms with Gasteiger partial charge in [0.25, 0.3) is 0 Å². The van der Waals surface area contributed by atoms with Gasteiger partial charge in [0.2, 0.25) is 0 Å². The summed E-state index contributed by atoms with van der Waals surface area (Å²) in [5.74, 6) is 0. The van der Waals surface area contributed by atoms with Gasteiger partial charge in [-0.05, 0) is 38.8 Å². The third-order valence-electron chi connectivity index (χ3n) is 2.77. The van der Waals surface area contributed by atoms with Gasteiger partial charge in [0.05, 0.1) is 11.8 Å². The van der Waals surface area contributed by atoms with E-state index < -0.39 is 0 Å². The second-order valence-corrected chi connectivity index (χ2v) is 4.02. The number of aryl methyl sites for hydroxylation is 1. The van der Waals surface area contributed by atoms with Crippen LogP contribution >= 0.6 is 0 Å². The Hall–Kier alpha value is -0.870. The molecule has 0 saturated carbocycles. The molecule has 1 rings (SSSR count). The summed E-state index contributed by atoms with van der Waals surface area (Å²) in [5.41, 5.74) is 1.22. The number of hydrogen-bond acceptors (Lipinski definition) is 3. The van der Waals surface area contributed by atoms with Crippen molar-refractivity contribution < 1.29 is 5.11 Å². The van der Waals surface area contributed by atoms with Crippen molar-refractivity contribution in [3.8, 4) is 0 Å². The zero-order valence-electron chi connectivity index (χ0n) is 10.3. The van der Waals surface area contributed by atoms with E-state index in [0.717, 1.165) is 38.9 Å². The summed E-state index contributed by atoms with van der Waals surface area (Å²) < 4.78 is 1.99. The van der Waals surface area contributed by atoms with Crippen LogP contribution in [-0.2, 0) is 13.1 Å². The monoisotopic (exact) mass is 225 g/mol. The maximum absolute atomic E-state index is 9.38. The molecule has 92 valence electrons. The van der Waals surface area contributed by atoms with Crippen LogP contribution in [0.4, 0.5) is 0 Å². The van der Waals surface area contributed by atoms with E-state index >= 15 is 0 Å². The zero-order chi connectivity index (χ0) is 11.8. The molecule has 1 aromatic rings. The van der Waals surface area contributed by atoms with E-state index in [1.165, 1.54) is 5.69 Å². The first-order valence-corrected chi connectivity index (χ1v) is 6.17. The van der Waals surface area contributed by atoms with Crippen molar-refractivity contribution in [2.75, 3.05) is 6.54 Å². The average Bonchev–Trinajstić information content (AvgIpc) is 2.75. The molecule has 1 aromatic heterocycles. The molecule has 2 N–H and O–H groups in total. The van der Waals surface area contributed by atoms with Crippen LogP contribution in [0, 0.1) is 0 Å². The molecular weight excluding hydrogens is 202 g/mol. The summed E-state index contributed by atoms with van der Waals surface area (Å²) >= 11 is 0. The first kappa shape index (κ1) is 13.2. The lowest BCUT2D eigenvalue weighted by atomic mass is 10.1. The van der Waals surface area contributed by atoms with E-state index in [9.17, 15) is 5.11 Å². The highest BCUT2D eigenvalue weighted by Crippen LogP contribution is 2.01. The van der Waals surface area contributed by atoms with E-state index in [-0.39, 0.29) is 6.10 Å². The molecule has 0 aromatic carbocycles. The van der Waals surface area contributed by atoms with E-state index in [1.807, 2.05) is 23.9 Å². The predicted molar refractivity (Wildman–Crippen MR) is 65.1 cm³/mol. The lowest BCUT2D eigenvalue weighted by molar-refractivity contribution is 0.157. The Labute approximate surface area is 97.7 Å². The Morgan fingerprint density at radius 3 is 3.00 bits per heavy atom. The van der Waals surface area contributed by atoms with Gasteiger partial charge in [0, 0.05) is 19.3 Å². The fraction of sp³-hybridized carbons (Fsp3) is 0.750. The van der Waals surface area contributed by atoms with Crippen LogP contribution in [0.2, 0.25) is 0 Å². The van der Waals surface area contributed by atoms with Crippen LogP contribution in [-0.4, -0.2) is 27.5 Å². The van der Waals surface area contributed by atoms with Crippen molar-refractivity contribution in [3.05, 3.63) is 18.0 Å². The summed E-state index contributed by atoms with van der Waals surface area (Å²) in [6.45, 7) is 6.83. The summed E-state index contributed by atoms with van der Waals surface area (Å²) in [6.07, 6.45) is 4.46. The molecule has 0 aliphatic rings. The van der Waals surface area contributed by atoms with Gasteiger partial charge in [-0.3, -0.25) is 4.68 Å². The molecule has 4 nitrogen and oxygen atoms in total. The maximum Gasteiger partial charge on any atom is 0.0538 e. The number of nitrogens with zero attached hydrogens (tertiary/aromatic N) is 2. The van der Waals surface area contributed by atoms with E-state index in [2.05, 4.69) is 17.3 Å². The normalized spacial score (nSPS) is 12.9. The van der Waals surface area contributed by atoms with Gasteiger partial charge in [-0.1, -0.05) is 6.92 Å². The number of rotatable bonds is 8. The fourth-order valence-electron chi connectivity index (χ4n) is 1.68. The molecule has 0 bridgehead atoms. The Morgan fingerprint density at radius 2 is 2.31 bits per heavy atom. The fourth-order valence-corrected chi connectivity index (χ4v) is 1.68. The topological polar surface area (TPSA) is 50.1 Å². The zero-order valence-corrected chi connectivity index (χ0v) is 10.3. The molecule has 0 saturated heterocycles. The van der Waals surface area contributed by atoms with Crippen LogP contribution in [0.3, 0.4) is 0 Å². The SMILES string of the molecule is CCC(O)CCCNCc1ccnn1CC. The lowest BCUT2D eigenvalue weighted by Gasteiger charge is -2.09. The minimum atomic E-state index is -0.136. The second kappa shape index (κ2) is 7.41. The number of aromatic nitrogens is 2. The van der Waals surface area contributed by atoms with Gasteiger partial charge >= 0.3 is 0 Å². The molecule has 1 unspecified atom stereocenters. The highest BCUT2D eigenvalue weighted by atomic mass is 16.3. The molecular formula is C12H23N3O. The van der Waals surface area contributed by atoms with Crippen molar-refractivity contribution in [3.63, 3.8) is 0 Å². The van der Waals surface area contributed by atoms with Gasteiger partial charge < -0.3 is 10.4 Å². The summed E-state index contributed by atoms with van der Waals surface area (Å²) in [5, 5.41) is 17.0. The highest BCUT2D eigenvalue weighted by molar-refractivity contribution is 4.99. The van der Waals surface area contributed by atoms with Crippen LogP contribution in [0.5, 0.6) is 0 Å². The minimum absolute atomic E-state index is 0.136. The number of aliphatic hydroxyl groups is 1. The van der Waals surface area contributed by atoms with Crippen molar-refractivity contribution in [2.24, 2.45) is 0 Å². The van der Waals surface area contributed by atoms with Gasteiger partial charge in [-0.25, -0.2) is 0 Å². The van der Waals surface area contributed by atoms with Crippen LogP contribution < -0.4 is 5.32 Å². The van der Waals surface area contributed by atoms with E-state index in [1.54, 1.807) is 0 Å². The van der Waals surface area contributed by atoms with Crippen LogP contribution in [0.25, 0.3) is 0 Å². The van der Waals surface area contributed by atoms with Crippen molar-refractivity contribution >= 4 is 0 Å². The van der Waals surface area contributed by atoms with Crippen LogP contribution in [0.1, 0.15) is 38.8 Å². The Morgan fingerprint density at radius 1 is 1.50 bits per heavy atom. The van der Waals surface area contributed by atoms with E-state index in [0.29, 0.717) is 0 Å². The molecule has 1 heterocycles. The Bertz CT molecular complexity index is 286. The number of aliphatic hydroxyl groups excluding tert-OH is 1.